The zero-order valence-corrected chi connectivity index (χ0v) is 11.1. The van der Waals surface area contributed by atoms with Crippen LogP contribution < -0.4 is 5.32 Å². The molecule has 0 amide bonds. The molecule has 1 N–H and O–H groups in total. The van der Waals surface area contributed by atoms with Gasteiger partial charge in [0.1, 0.15) is 0 Å². The molecule has 1 heterocycles. The van der Waals surface area contributed by atoms with Gasteiger partial charge in [-0.05, 0) is 50.3 Å². The van der Waals surface area contributed by atoms with Gasteiger partial charge in [-0.2, -0.15) is 0 Å². The molecule has 1 unspecified atom stereocenters. The summed E-state index contributed by atoms with van der Waals surface area (Å²) in [6, 6.07) is 11.6. The molecule has 98 valence electrons. The Bertz CT molecular complexity index is 359. The SMILES string of the molecule is c1ccc(CCN2CCC(NCC3CC3)C2)cc1. The van der Waals surface area contributed by atoms with Crippen molar-refractivity contribution in [2.24, 2.45) is 5.92 Å². The van der Waals surface area contributed by atoms with E-state index in [1.807, 2.05) is 0 Å². The first-order valence-electron chi connectivity index (χ1n) is 7.40. The zero-order valence-electron chi connectivity index (χ0n) is 11.1. The fourth-order valence-corrected chi connectivity index (χ4v) is 2.79. The van der Waals surface area contributed by atoms with Gasteiger partial charge >= 0.3 is 0 Å². The van der Waals surface area contributed by atoms with Gasteiger partial charge in [0.05, 0.1) is 0 Å². The summed E-state index contributed by atoms with van der Waals surface area (Å²) in [5.74, 6) is 1.00. The predicted octanol–water partition coefficient (Wildman–Crippen LogP) is 2.30. The minimum Gasteiger partial charge on any atom is -0.312 e. The van der Waals surface area contributed by atoms with Crippen LogP contribution in [0, 0.1) is 5.92 Å². The monoisotopic (exact) mass is 244 g/mol. The Balaban J connectivity index is 1.36. The zero-order chi connectivity index (χ0) is 12.2. The largest absolute Gasteiger partial charge is 0.312 e. The molecule has 1 aliphatic heterocycles. The van der Waals surface area contributed by atoms with Crippen molar-refractivity contribution in [3.63, 3.8) is 0 Å². The summed E-state index contributed by atoms with van der Waals surface area (Å²) >= 11 is 0. The maximum absolute atomic E-state index is 3.73. The van der Waals surface area contributed by atoms with Crippen LogP contribution in [0.5, 0.6) is 0 Å². The van der Waals surface area contributed by atoms with Crippen LogP contribution in [0.15, 0.2) is 30.3 Å². The number of nitrogens with zero attached hydrogens (tertiary/aromatic N) is 1. The summed E-state index contributed by atoms with van der Waals surface area (Å²) in [5, 5.41) is 3.73. The lowest BCUT2D eigenvalue weighted by Gasteiger charge is -2.16. The maximum atomic E-state index is 3.73. The third-order valence-electron chi connectivity index (χ3n) is 4.22. The molecule has 0 aromatic heterocycles. The van der Waals surface area contributed by atoms with E-state index in [2.05, 4.69) is 40.5 Å². The van der Waals surface area contributed by atoms with Crippen LogP contribution >= 0.6 is 0 Å². The van der Waals surface area contributed by atoms with E-state index in [4.69, 9.17) is 0 Å². The fraction of sp³-hybridized carbons (Fsp3) is 0.625. The normalized spacial score (nSPS) is 24.6. The number of rotatable bonds is 6. The van der Waals surface area contributed by atoms with Gasteiger partial charge in [0.25, 0.3) is 0 Å². The van der Waals surface area contributed by atoms with E-state index in [0.717, 1.165) is 12.0 Å². The molecule has 1 atom stereocenters. The Labute approximate surface area is 110 Å². The van der Waals surface area contributed by atoms with Crippen molar-refractivity contribution >= 4 is 0 Å². The molecule has 1 aliphatic carbocycles. The van der Waals surface area contributed by atoms with Crippen molar-refractivity contribution in [1.82, 2.24) is 10.2 Å². The smallest absolute Gasteiger partial charge is 0.0207 e. The molecule has 0 radical (unpaired) electrons. The van der Waals surface area contributed by atoms with Crippen molar-refractivity contribution < 1.29 is 0 Å². The standard InChI is InChI=1S/C16H24N2/c1-2-4-14(5-3-1)8-10-18-11-9-16(13-18)17-12-15-6-7-15/h1-5,15-17H,6-13H2. The molecule has 1 saturated carbocycles. The summed E-state index contributed by atoms with van der Waals surface area (Å²) in [6.07, 6.45) is 5.44. The van der Waals surface area contributed by atoms with E-state index in [-0.39, 0.29) is 0 Å². The summed E-state index contributed by atoms with van der Waals surface area (Å²) in [6.45, 7) is 5.00. The molecule has 2 heteroatoms. The van der Waals surface area contributed by atoms with Gasteiger partial charge in [0.2, 0.25) is 0 Å². The highest BCUT2D eigenvalue weighted by molar-refractivity contribution is 5.14. The highest BCUT2D eigenvalue weighted by Gasteiger charge is 2.25. The molecular formula is C16H24N2. The van der Waals surface area contributed by atoms with Crippen LogP contribution in [0.3, 0.4) is 0 Å². The molecule has 0 bridgehead atoms. The van der Waals surface area contributed by atoms with E-state index < -0.39 is 0 Å². The van der Waals surface area contributed by atoms with E-state index in [1.165, 1.54) is 57.4 Å². The van der Waals surface area contributed by atoms with Gasteiger partial charge in [-0.3, -0.25) is 0 Å². The molecule has 1 saturated heterocycles. The summed E-state index contributed by atoms with van der Waals surface area (Å²) in [4.78, 5) is 2.61. The van der Waals surface area contributed by atoms with Crippen LogP contribution in [-0.2, 0) is 6.42 Å². The van der Waals surface area contributed by atoms with Gasteiger partial charge in [-0.1, -0.05) is 30.3 Å². The summed E-state index contributed by atoms with van der Waals surface area (Å²) in [5.41, 5.74) is 1.46. The summed E-state index contributed by atoms with van der Waals surface area (Å²) < 4.78 is 0. The fourth-order valence-electron chi connectivity index (χ4n) is 2.79. The van der Waals surface area contributed by atoms with Gasteiger partial charge in [-0.15, -0.1) is 0 Å². The van der Waals surface area contributed by atoms with Gasteiger partial charge in [0, 0.05) is 19.1 Å². The molecule has 3 rings (SSSR count). The number of likely N-dealkylation sites (tertiary alicyclic amines) is 1. The third kappa shape index (κ3) is 3.56. The lowest BCUT2D eigenvalue weighted by Crippen LogP contribution is -2.34. The third-order valence-corrected chi connectivity index (χ3v) is 4.22. The molecule has 2 fully saturated rings. The van der Waals surface area contributed by atoms with Crippen molar-refractivity contribution in [3.8, 4) is 0 Å². The van der Waals surface area contributed by atoms with E-state index in [1.54, 1.807) is 0 Å². The molecule has 2 nitrogen and oxygen atoms in total. The maximum Gasteiger partial charge on any atom is 0.0207 e. The van der Waals surface area contributed by atoms with Crippen molar-refractivity contribution in [1.29, 1.82) is 0 Å². The first-order valence-corrected chi connectivity index (χ1v) is 7.40. The Morgan fingerprint density at radius 3 is 2.72 bits per heavy atom. The van der Waals surface area contributed by atoms with Gasteiger partial charge in [0.15, 0.2) is 0 Å². The van der Waals surface area contributed by atoms with Crippen LogP contribution in [0.2, 0.25) is 0 Å². The quantitative estimate of drug-likeness (QED) is 0.826. The van der Waals surface area contributed by atoms with E-state index in [0.29, 0.717) is 0 Å². The average Bonchev–Trinajstić information content (AvgIpc) is 3.14. The van der Waals surface area contributed by atoms with Crippen LogP contribution in [-0.4, -0.2) is 37.1 Å². The Morgan fingerprint density at radius 2 is 1.94 bits per heavy atom. The summed E-state index contributed by atoms with van der Waals surface area (Å²) in [7, 11) is 0. The van der Waals surface area contributed by atoms with Crippen molar-refractivity contribution in [2.45, 2.75) is 31.7 Å². The molecule has 1 aromatic carbocycles. The first kappa shape index (κ1) is 12.2. The number of hydrogen-bond acceptors (Lipinski definition) is 2. The van der Waals surface area contributed by atoms with Crippen LogP contribution in [0.1, 0.15) is 24.8 Å². The molecular weight excluding hydrogens is 220 g/mol. The highest BCUT2D eigenvalue weighted by atomic mass is 15.2. The second-order valence-corrected chi connectivity index (χ2v) is 5.87. The molecule has 1 aromatic rings. The van der Waals surface area contributed by atoms with Crippen LogP contribution in [0.4, 0.5) is 0 Å². The topological polar surface area (TPSA) is 15.3 Å². The Hall–Kier alpha value is -0.860. The van der Waals surface area contributed by atoms with Gasteiger partial charge in [-0.25, -0.2) is 0 Å². The Kier molecular flexibility index (Phi) is 3.96. The second-order valence-electron chi connectivity index (χ2n) is 5.87. The van der Waals surface area contributed by atoms with E-state index >= 15 is 0 Å². The average molecular weight is 244 g/mol. The molecule has 2 aliphatic rings. The minimum atomic E-state index is 0.751. The van der Waals surface area contributed by atoms with Crippen molar-refractivity contribution in [3.05, 3.63) is 35.9 Å². The van der Waals surface area contributed by atoms with Crippen LogP contribution in [0.25, 0.3) is 0 Å². The van der Waals surface area contributed by atoms with Crippen molar-refractivity contribution in [2.75, 3.05) is 26.2 Å². The highest BCUT2D eigenvalue weighted by Crippen LogP contribution is 2.28. The first-order chi connectivity index (χ1) is 8.90. The number of benzene rings is 1. The lowest BCUT2D eigenvalue weighted by molar-refractivity contribution is 0.331. The second kappa shape index (κ2) is 5.85. The Morgan fingerprint density at radius 1 is 1.11 bits per heavy atom. The number of hydrogen-bond donors (Lipinski definition) is 1. The van der Waals surface area contributed by atoms with Gasteiger partial charge < -0.3 is 10.2 Å². The molecule has 0 spiro atoms. The van der Waals surface area contributed by atoms with E-state index in [9.17, 15) is 0 Å². The minimum absolute atomic E-state index is 0.751. The lowest BCUT2D eigenvalue weighted by atomic mass is 10.1. The predicted molar refractivity (Wildman–Crippen MR) is 75.7 cm³/mol. The number of nitrogens with one attached hydrogen (secondary N) is 1. The molecule has 18 heavy (non-hydrogen) atoms.